The highest BCUT2D eigenvalue weighted by molar-refractivity contribution is 5.90. The maximum Gasteiger partial charge on any atom is 0.243 e. The summed E-state index contributed by atoms with van der Waals surface area (Å²) in [6.07, 6.45) is 0.548. The van der Waals surface area contributed by atoms with Crippen LogP contribution < -0.4 is 5.32 Å². The SMILES string of the molecule is CC(=O)N1C[C@H]2CC[C@@H](C1)[C@@H]2C(=O)N1C[C@H](F)C[C@H]1C(=O)N[C@@H](c1ccccc1)c1ccc(C(C)C)cc1. The summed E-state index contributed by atoms with van der Waals surface area (Å²) in [6, 6.07) is 16.7. The van der Waals surface area contributed by atoms with Gasteiger partial charge in [0, 0.05) is 32.4 Å². The van der Waals surface area contributed by atoms with Gasteiger partial charge in [-0.1, -0.05) is 68.4 Å². The second-order valence-electron chi connectivity index (χ2n) is 11.6. The Labute approximate surface area is 224 Å². The standard InChI is InChI=1S/C31H38FN3O3/c1-19(2)21-9-11-23(12-10-21)29(22-7-5-4-6-8-22)33-30(37)27-15-26(32)18-35(27)31(38)28-24-13-14-25(28)17-34(16-24)20(3)36/h4-12,19,24-29H,13-18H2,1-3H3,(H,33,37)/t24-,25+,26-,27+,28-,29+/m1/s1. The molecule has 2 saturated heterocycles. The summed E-state index contributed by atoms with van der Waals surface area (Å²) in [4.78, 5) is 42.8. The lowest BCUT2D eigenvalue weighted by atomic mass is 9.83. The van der Waals surface area contributed by atoms with E-state index in [1.54, 1.807) is 6.92 Å². The van der Waals surface area contributed by atoms with Crippen LogP contribution in [0.4, 0.5) is 4.39 Å². The van der Waals surface area contributed by atoms with Gasteiger partial charge >= 0.3 is 0 Å². The number of hydrogen-bond acceptors (Lipinski definition) is 3. The topological polar surface area (TPSA) is 69.7 Å². The van der Waals surface area contributed by atoms with E-state index in [1.165, 1.54) is 10.5 Å². The van der Waals surface area contributed by atoms with Crippen LogP contribution in [-0.4, -0.2) is 59.4 Å². The number of alkyl halides is 1. The zero-order valence-corrected chi connectivity index (χ0v) is 22.5. The molecule has 2 aromatic rings. The van der Waals surface area contributed by atoms with Crippen molar-refractivity contribution in [2.75, 3.05) is 19.6 Å². The molecule has 3 amide bonds. The molecule has 1 aliphatic carbocycles. The Hall–Kier alpha value is -3.22. The molecule has 3 aliphatic rings. The number of hydrogen-bond donors (Lipinski definition) is 1. The van der Waals surface area contributed by atoms with Crippen molar-refractivity contribution in [3.63, 3.8) is 0 Å². The second kappa shape index (κ2) is 10.9. The van der Waals surface area contributed by atoms with Crippen LogP contribution in [0.3, 0.4) is 0 Å². The van der Waals surface area contributed by atoms with Crippen molar-refractivity contribution in [1.29, 1.82) is 0 Å². The van der Waals surface area contributed by atoms with Crippen molar-refractivity contribution in [2.24, 2.45) is 17.8 Å². The van der Waals surface area contributed by atoms with Gasteiger partial charge in [-0.05, 0) is 47.3 Å². The van der Waals surface area contributed by atoms with Gasteiger partial charge in [-0.15, -0.1) is 0 Å². The number of likely N-dealkylation sites (tertiary alicyclic amines) is 2. The Morgan fingerprint density at radius 1 is 0.868 bits per heavy atom. The van der Waals surface area contributed by atoms with E-state index in [-0.39, 0.29) is 48.4 Å². The van der Waals surface area contributed by atoms with Crippen molar-refractivity contribution in [3.05, 3.63) is 71.3 Å². The molecular formula is C31H38FN3O3. The van der Waals surface area contributed by atoms with Crippen LogP contribution in [0.25, 0.3) is 0 Å². The van der Waals surface area contributed by atoms with Gasteiger partial charge in [0.2, 0.25) is 17.7 Å². The largest absolute Gasteiger partial charge is 0.343 e. The van der Waals surface area contributed by atoms with Gasteiger partial charge in [0.05, 0.1) is 12.6 Å². The summed E-state index contributed by atoms with van der Waals surface area (Å²) in [5.74, 6) is -0.130. The van der Waals surface area contributed by atoms with Crippen molar-refractivity contribution in [3.8, 4) is 0 Å². The smallest absolute Gasteiger partial charge is 0.243 e. The highest BCUT2D eigenvalue weighted by Crippen LogP contribution is 2.44. The first-order valence-corrected chi connectivity index (χ1v) is 13.9. The molecule has 1 N–H and O–H groups in total. The van der Waals surface area contributed by atoms with E-state index in [1.807, 2.05) is 47.4 Å². The first kappa shape index (κ1) is 26.4. The molecule has 0 radical (unpaired) electrons. The molecule has 2 heterocycles. The number of piperidine rings is 1. The lowest BCUT2D eigenvalue weighted by Gasteiger charge is -2.39. The first-order chi connectivity index (χ1) is 18.2. The predicted octanol–water partition coefficient (Wildman–Crippen LogP) is 4.46. The Morgan fingerprint density at radius 3 is 2.03 bits per heavy atom. The van der Waals surface area contributed by atoms with Gasteiger partial charge in [0.25, 0.3) is 0 Å². The zero-order chi connectivity index (χ0) is 27.0. The molecule has 7 heteroatoms. The molecule has 1 saturated carbocycles. The number of halogens is 1. The van der Waals surface area contributed by atoms with E-state index >= 15 is 0 Å². The molecule has 0 aromatic heterocycles. The molecule has 6 nitrogen and oxygen atoms in total. The van der Waals surface area contributed by atoms with Gasteiger partial charge in [0.15, 0.2) is 0 Å². The fourth-order valence-electron chi connectivity index (χ4n) is 6.67. The van der Waals surface area contributed by atoms with Gasteiger partial charge in [-0.25, -0.2) is 4.39 Å². The van der Waals surface area contributed by atoms with E-state index in [9.17, 15) is 18.8 Å². The molecule has 202 valence electrons. The molecule has 2 aliphatic heterocycles. The third kappa shape index (κ3) is 5.20. The van der Waals surface area contributed by atoms with Crippen LogP contribution in [0.2, 0.25) is 0 Å². The third-order valence-corrected chi connectivity index (χ3v) is 8.76. The van der Waals surface area contributed by atoms with E-state index in [0.717, 1.165) is 24.0 Å². The zero-order valence-electron chi connectivity index (χ0n) is 22.5. The highest BCUT2D eigenvalue weighted by Gasteiger charge is 2.51. The minimum absolute atomic E-state index is 0.00694. The maximum atomic E-state index is 14.8. The quantitative estimate of drug-likeness (QED) is 0.613. The number of rotatable bonds is 6. The Bertz CT molecular complexity index is 1150. The van der Waals surface area contributed by atoms with Crippen LogP contribution in [0.15, 0.2) is 54.6 Å². The highest BCUT2D eigenvalue weighted by atomic mass is 19.1. The molecule has 0 unspecified atom stereocenters. The van der Waals surface area contributed by atoms with E-state index < -0.39 is 18.3 Å². The Morgan fingerprint density at radius 2 is 1.45 bits per heavy atom. The fraction of sp³-hybridized carbons (Fsp3) is 0.516. The van der Waals surface area contributed by atoms with Crippen LogP contribution in [0, 0.1) is 17.8 Å². The number of nitrogens with one attached hydrogen (secondary N) is 1. The average molecular weight is 520 g/mol. The van der Waals surface area contributed by atoms with Crippen LogP contribution in [0.1, 0.15) is 68.7 Å². The van der Waals surface area contributed by atoms with Gasteiger partial charge in [0.1, 0.15) is 12.2 Å². The molecule has 2 aromatic carbocycles. The molecule has 3 fully saturated rings. The lowest BCUT2D eigenvalue weighted by Crippen LogP contribution is -2.53. The minimum atomic E-state index is -1.23. The normalized spacial score (nSPS) is 27.4. The summed E-state index contributed by atoms with van der Waals surface area (Å²) in [7, 11) is 0. The van der Waals surface area contributed by atoms with Gasteiger partial charge < -0.3 is 15.1 Å². The number of nitrogens with zero attached hydrogens (tertiary/aromatic N) is 2. The van der Waals surface area contributed by atoms with Crippen LogP contribution in [0.5, 0.6) is 0 Å². The monoisotopic (exact) mass is 519 g/mol. The van der Waals surface area contributed by atoms with Crippen LogP contribution >= 0.6 is 0 Å². The molecule has 38 heavy (non-hydrogen) atoms. The van der Waals surface area contributed by atoms with Crippen molar-refractivity contribution >= 4 is 17.7 Å². The molecule has 6 atom stereocenters. The summed E-state index contributed by atoms with van der Waals surface area (Å²) < 4.78 is 14.8. The summed E-state index contributed by atoms with van der Waals surface area (Å²) in [5, 5.41) is 3.16. The van der Waals surface area contributed by atoms with Crippen molar-refractivity contribution in [1.82, 2.24) is 15.1 Å². The molecule has 5 rings (SSSR count). The second-order valence-corrected chi connectivity index (χ2v) is 11.6. The average Bonchev–Trinajstić information content (AvgIpc) is 3.43. The lowest BCUT2D eigenvalue weighted by molar-refractivity contribution is -0.147. The number of benzene rings is 2. The minimum Gasteiger partial charge on any atom is -0.343 e. The van der Waals surface area contributed by atoms with Crippen molar-refractivity contribution in [2.45, 2.75) is 64.2 Å². The number of carbonyl (C=O) groups excluding carboxylic acids is 3. The maximum absolute atomic E-state index is 14.8. The summed E-state index contributed by atoms with van der Waals surface area (Å²) in [5.41, 5.74) is 3.09. The number of amides is 3. The third-order valence-electron chi connectivity index (χ3n) is 8.76. The Balaban J connectivity index is 1.36. The van der Waals surface area contributed by atoms with Crippen LogP contribution in [-0.2, 0) is 14.4 Å². The molecule has 0 spiro atoms. The molecule has 2 bridgehead atoms. The Kier molecular flexibility index (Phi) is 7.55. The van der Waals surface area contributed by atoms with Crippen molar-refractivity contribution < 1.29 is 18.8 Å². The predicted molar refractivity (Wildman–Crippen MR) is 144 cm³/mol. The summed E-state index contributed by atoms with van der Waals surface area (Å²) in [6.45, 7) is 6.92. The number of carbonyl (C=O) groups is 3. The summed E-state index contributed by atoms with van der Waals surface area (Å²) >= 11 is 0. The van der Waals surface area contributed by atoms with Gasteiger partial charge in [-0.2, -0.15) is 0 Å². The molecular weight excluding hydrogens is 481 g/mol. The van der Waals surface area contributed by atoms with E-state index in [0.29, 0.717) is 19.0 Å². The van der Waals surface area contributed by atoms with Gasteiger partial charge in [-0.3, -0.25) is 14.4 Å². The van der Waals surface area contributed by atoms with E-state index in [4.69, 9.17) is 0 Å². The van der Waals surface area contributed by atoms with E-state index in [2.05, 4.69) is 31.3 Å². The first-order valence-electron chi connectivity index (χ1n) is 13.9. The fourth-order valence-corrected chi connectivity index (χ4v) is 6.67. The number of fused-ring (bicyclic) bond motifs is 2.